The molecule has 0 amide bonds. The molecular formula is C18H20N4O2S. The Bertz CT molecular complexity index is 1010. The molecule has 2 heterocycles. The molecule has 1 saturated carbocycles. The summed E-state index contributed by atoms with van der Waals surface area (Å²) >= 11 is 0. The van der Waals surface area contributed by atoms with E-state index in [0.29, 0.717) is 17.3 Å². The van der Waals surface area contributed by atoms with Crippen molar-refractivity contribution in [1.82, 2.24) is 14.6 Å². The van der Waals surface area contributed by atoms with Gasteiger partial charge in [0.1, 0.15) is 0 Å². The van der Waals surface area contributed by atoms with Crippen LogP contribution in [0, 0.1) is 0 Å². The third kappa shape index (κ3) is 3.00. The summed E-state index contributed by atoms with van der Waals surface area (Å²) in [6.07, 6.45) is 6.06. The fourth-order valence-corrected chi connectivity index (χ4v) is 4.01. The first-order chi connectivity index (χ1) is 12.1. The highest BCUT2D eigenvalue weighted by Crippen LogP contribution is 2.35. The number of fused-ring (bicyclic) bond motifs is 1. The average molecular weight is 356 g/mol. The predicted octanol–water partition coefficient (Wildman–Crippen LogP) is 3.36. The van der Waals surface area contributed by atoms with Crippen molar-refractivity contribution < 1.29 is 8.42 Å². The van der Waals surface area contributed by atoms with Gasteiger partial charge in [-0.1, -0.05) is 25.5 Å². The number of aryl methyl sites for hydroxylation is 1. The molecule has 0 aliphatic heterocycles. The van der Waals surface area contributed by atoms with Crippen LogP contribution in [0.5, 0.6) is 0 Å². The standard InChI is InChI=1S/C18H20N4O2S/c1-2-13-8-10-15(11-9-13)25(23,24)21-16-7-4-12-22-18(16)19-17(20-22)14-5-3-6-14/h4,7-12,14,21H,2-3,5-6H2,1H3. The first kappa shape index (κ1) is 16.1. The Balaban J connectivity index is 1.67. The summed E-state index contributed by atoms with van der Waals surface area (Å²) in [6.45, 7) is 2.04. The van der Waals surface area contributed by atoms with Crippen LogP contribution in [0.25, 0.3) is 5.65 Å². The summed E-state index contributed by atoms with van der Waals surface area (Å²) in [4.78, 5) is 4.81. The molecule has 0 spiro atoms. The lowest BCUT2D eigenvalue weighted by molar-refractivity contribution is 0.402. The van der Waals surface area contributed by atoms with E-state index in [2.05, 4.69) is 14.8 Å². The van der Waals surface area contributed by atoms with Crippen LogP contribution in [0.2, 0.25) is 0 Å². The van der Waals surface area contributed by atoms with Gasteiger partial charge in [0.2, 0.25) is 0 Å². The van der Waals surface area contributed by atoms with Crippen molar-refractivity contribution in [3.05, 3.63) is 54.0 Å². The Morgan fingerprint density at radius 2 is 1.96 bits per heavy atom. The molecule has 0 saturated heterocycles. The van der Waals surface area contributed by atoms with E-state index in [4.69, 9.17) is 0 Å². The molecule has 0 atom stereocenters. The lowest BCUT2D eigenvalue weighted by atomic mass is 9.85. The summed E-state index contributed by atoms with van der Waals surface area (Å²) in [5.41, 5.74) is 2.09. The van der Waals surface area contributed by atoms with Crippen molar-refractivity contribution >= 4 is 21.4 Å². The Morgan fingerprint density at radius 1 is 1.20 bits per heavy atom. The molecule has 130 valence electrons. The Labute approximate surface area is 147 Å². The minimum Gasteiger partial charge on any atom is -0.276 e. The van der Waals surface area contributed by atoms with Gasteiger partial charge in [0.25, 0.3) is 10.0 Å². The third-order valence-electron chi connectivity index (χ3n) is 4.74. The van der Waals surface area contributed by atoms with Crippen LogP contribution in [0.1, 0.15) is 43.5 Å². The molecule has 4 rings (SSSR count). The molecular weight excluding hydrogens is 336 g/mol. The number of rotatable bonds is 5. The lowest BCUT2D eigenvalue weighted by Crippen LogP contribution is -2.13. The van der Waals surface area contributed by atoms with Crippen LogP contribution >= 0.6 is 0 Å². The molecule has 0 bridgehead atoms. The summed E-state index contributed by atoms with van der Waals surface area (Å²) in [5.74, 6) is 1.19. The average Bonchev–Trinajstić information content (AvgIpc) is 2.97. The van der Waals surface area contributed by atoms with Gasteiger partial charge in [-0.25, -0.2) is 17.9 Å². The quantitative estimate of drug-likeness (QED) is 0.760. The molecule has 25 heavy (non-hydrogen) atoms. The number of pyridine rings is 1. The molecule has 0 radical (unpaired) electrons. The number of nitrogens with one attached hydrogen (secondary N) is 1. The Kier molecular flexibility index (Phi) is 3.95. The molecule has 3 aromatic rings. The van der Waals surface area contributed by atoms with Crippen molar-refractivity contribution in [2.75, 3.05) is 4.72 Å². The van der Waals surface area contributed by atoms with Crippen molar-refractivity contribution in [1.29, 1.82) is 0 Å². The fraction of sp³-hybridized carbons (Fsp3) is 0.333. The van der Waals surface area contributed by atoms with Gasteiger partial charge in [-0.15, -0.1) is 0 Å². The molecule has 1 aromatic carbocycles. The van der Waals surface area contributed by atoms with Gasteiger partial charge in [0.05, 0.1) is 10.6 Å². The van der Waals surface area contributed by atoms with E-state index < -0.39 is 10.0 Å². The van der Waals surface area contributed by atoms with Crippen molar-refractivity contribution in [3.8, 4) is 0 Å². The second-order valence-corrected chi connectivity index (χ2v) is 8.07. The monoisotopic (exact) mass is 356 g/mol. The molecule has 1 aliphatic rings. The normalized spacial score (nSPS) is 15.2. The number of anilines is 1. The maximum Gasteiger partial charge on any atom is 0.262 e. The van der Waals surface area contributed by atoms with Gasteiger partial charge >= 0.3 is 0 Å². The van der Waals surface area contributed by atoms with Crippen molar-refractivity contribution in [3.63, 3.8) is 0 Å². The summed E-state index contributed by atoms with van der Waals surface area (Å²) < 4.78 is 29.7. The van der Waals surface area contributed by atoms with Crippen LogP contribution in [0.15, 0.2) is 47.5 Å². The number of sulfonamides is 1. The zero-order chi connectivity index (χ0) is 17.4. The first-order valence-electron chi connectivity index (χ1n) is 8.54. The van der Waals surface area contributed by atoms with Gasteiger partial charge in [-0.2, -0.15) is 5.10 Å². The lowest BCUT2D eigenvalue weighted by Gasteiger charge is -2.21. The number of hydrogen-bond acceptors (Lipinski definition) is 4. The van der Waals surface area contributed by atoms with E-state index in [9.17, 15) is 8.42 Å². The zero-order valence-corrected chi connectivity index (χ0v) is 14.8. The number of nitrogens with zero attached hydrogens (tertiary/aromatic N) is 3. The second-order valence-electron chi connectivity index (χ2n) is 6.39. The minimum absolute atomic E-state index is 0.241. The highest BCUT2D eigenvalue weighted by molar-refractivity contribution is 7.92. The van der Waals surface area contributed by atoms with Gasteiger partial charge < -0.3 is 0 Å². The molecule has 7 heteroatoms. The largest absolute Gasteiger partial charge is 0.276 e. The van der Waals surface area contributed by atoms with E-state index in [1.165, 1.54) is 6.42 Å². The fourth-order valence-electron chi connectivity index (χ4n) is 2.95. The zero-order valence-electron chi connectivity index (χ0n) is 14.0. The van der Waals surface area contributed by atoms with E-state index in [-0.39, 0.29) is 4.90 Å². The summed E-state index contributed by atoms with van der Waals surface area (Å²) in [6, 6.07) is 10.4. The molecule has 2 aromatic heterocycles. The second kappa shape index (κ2) is 6.15. The molecule has 1 N–H and O–H groups in total. The minimum atomic E-state index is -3.66. The van der Waals surface area contributed by atoms with Crippen LogP contribution in [-0.4, -0.2) is 23.0 Å². The number of aromatic nitrogens is 3. The van der Waals surface area contributed by atoms with Crippen LogP contribution in [-0.2, 0) is 16.4 Å². The molecule has 6 nitrogen and oxygen atoms in total. The van der Waals surface area contributed by atoms with Gasteiger partial charge in [-0.05, 0) is 49.1 Å². The maximum atomic E-state index is 12.7. The van der Waals surface area contributed by atoms with Crippen LogP contribution in [0.3, 0.4) is 0 Å². The van der Waals surface area contributed by atoms with Gasteiger partial charge in [0.15, 0.2) is 11.5 Å². The highest BCUT2D eigenvalue weighted by Gasteiger charge is 2.25. The third-order valence-corrected chi connectivity index (χ3v) is 6.12. The van der Waals surface area contributed by atoms with E-state index in [0.717, 1.165) is 30.7 Å². The van der Waals surface area contributed by atoms with Gasteiger partial charge in [0, 0.05) is 12.1 Å². The first-order valence-corrected chi connectivity index (χ1v) is 10.0. The molecule has 1 fully saturated rings. The molecule has 0 unspecified atom stereocenters. The van der Waals surface area contributed by atoms with E-state index >= 15 is 0 Å². The van der Waals surface area contributed by atoms with Crippen LogP contribution in [0.4, 0.5) is 5.69 Å². The predicted molar refractivity (Wildman–Crippen MR) is 96.2 cm³/mol. The number of hydrogen-bond donors (Lipinski definition) is 1. The molecule has 1 aliphatic carbocycles. The van der Waals surface area contributed by atoms with Crippen molar-refractivity contribution in [2.24, 2.45) is 0 Å². The maximum absolute atomic E-state index is 12.7. The topological polar surface area (TPSA) is 76.4 Å². The van der Waals surface area contributed by atoms with Gasteiger partial charge in [-0.3, -0.25) is 4.72 Å². The highest BCUT2D eigenvalue weighted by atomic mass is 32.2. The van der Waals surface area contributed by atoms with Crippen LogP contribution < -0.4 is 4.72 Å². The van der Waals surface area contributed by atoms with E-state index in [1.807, 2.05) is 19.1 Å². The van der Waals surface area contributed by atoms with E-state index in [1.54, 1.807) is 35.0 Å². The Morgan fingerprint density at radius 3 is 2.60 bits per heavy atom. The Hall–Kier alpha value is -2.41. The summed E-state index contributed by atoms with van der Waals surface area (Å²) in [5, 5.41) is 4.49. The SMILES string of the molecule is CCc1ccc(S(=O)(=O)Nc2cccn3nc(C4CCC4)nc23)cc1. The smallest absolute Gasteiger partial charge is 0.262 e. The summed E-state index contributed by atoms with van der Waals surface area (Å²) in [7, 11) is -3.66. The number of benzene rings is 1. The van der Waals surface area contributed by atoms with Crippen molar-refractivity contribution in [2.45, 2.75) is 43.4 Å².